The number of carbonyl (C=O) groups excluding carboxylic acids is 2. The SMILES string of the molecule is CC(=O)Nc1ccc(NC(=O)CSc2nc(N3CCOCC3)nc(N3CCOCC3)n2)cc1. The second-order valence-corrected chi connectivity index (χ2v) is 8.45. The van der Waals surface area contributed by atoms with Gasteiger partial charge in [-0.15, -0.1) is 0 Å². The van der Waals surface area contributed by atoms with E-state index in [0.717, 1.165) is 0 Å². The Labute approximate surface area is 196 Å². The number of nitrogens with zero attached hydrogens (tertiary/aromatic N) is 5. The summed E-state index contributed by atoms with van der Waals surface area (Å²) in [4.78, 5) is 41.7. The van der Waals surface area contributed by atoms with Crippen molar-refractivity contribution < 1.29 is 19.1 Å². The molecule has 0 aliphatic carbocycles. The molecule has 12 heteroatoms. The van der Waals surface area contributed by atoms with Crippen molar-refractivity contribution in [3.63, 3.8) is 0 Å². The van der Waals surface area contributed by atoms with Crippen LogP contribution < -0.4 is 20.4 Å². The summed E-state index contributed by atoms with van der Waals surface area (Å²) < 4.78 is 10.9. The maximum atomic E-state index is 12.5. The Hall–Kier alpha value is -2.96. The summed E-state index contributed by atoms with van der Waals surface area (Å²) in [5.74, 6) is 1.04. The lowest BCUT2D eigenvalue weighted by molar-refractivity contribution is -0.114. The number of rotatable bonds is 7. The van der Waals surface area contributed by atoms with Crippen molar-refractivity contribution >= 4 is 46.8 Å². The van der Waals surface area contributed by atoms with Gasteiger partial charge in [-0.2, -0.15) is 15.0 Å². The van der Waals surface area contributed by atoms with Crippen molar-refractivity contribution in [2.45, 2.75) is 12.1 Å². The van der Waals surface area contributed by atoms with Crippen LogP contribution in [0.3, 0.4) is 0 Å². The number of hydrogen-bond donors (Lipinski definition) is 2. The van der Waals surface area contributed by atoms with E-state index in [9.17, 15) is 9.59 Å². The molecule has 0 radical (unpaired) electrons. The Balaban J connectivity index is 1.41. The molecule has 2 fully saturated rings. The Bertz CT molecular complexity index is 927. The van der Waals surface area contributed by atoms with E-state index < -0.39 is 0 Å². The van der Waals surface area contributed by atoms with Gasteiger partial charge in [0.05, 0.1) is 32.2 Å². The second-order valence-electron chi connectivity index (χ2n) is 7.51. The summed E-state index contributed by atoms with van der Waals surface area (Å²) in [6.07, 6.45) is 0. The molecule has 2 aliphatic rings. The van der Waals surface area contributed by atoms with Crippen LogP contribution in [0.5, 0.6) is 0 Å². The number of nitrogens with one attached hydrogen (secondary N) is 2. The molecule has 0 atom stereocenters. The van der Waals surface area contributed by atoms with Crippen LogP contribution in [0, 0.1) is 0 Å². The van der Waals surface area contributed by atoms with Gasteiger partial charge in [0.2, 0.25) is 23.7 Å². The maximum absolute atomic E-state index is 12.5. The smallest absolute Gasteiger partial charge is 0.234 e. The largest absolute Gasteiger partial charge is 0.378 e. The number of benzene rings is 1. The Morgan fingerprint density at radius 1 is 0.848 bits per heavy atom. The Morgan fingerprint density at radius 2 is 1.33 bits per heavy atom. The Kier molecular flexibility index (Phi) is 7.92. The summed E-state index contributed by atoms with van der Waals surface area (Å²) in [6, 6.07) is 6.95. The normalized spacial score (nSPS) is 16.4. The van der Waals surface area contributed by atoms with Crippen LogP contribution in [0.4, 0.5) is 23.3 Å². The maximum Gasteiger partial charge on any atom is 0.234 e. The number of thioether (sulfide) groups is 1. The lowest BCUT2D eigenvalue weighted by Gasteiger charge is -2.30. The minimum absolute atomic E-state index is 0.145. The first-order chi connectivity index (χ1) is 16.1. The number of carbonyl (C=O) groups is 2. The number of anilines is 4. The van der Waals surface area contributed by atoms with Crippen molar-refractivity contribution in [1.29, 1.82) is 0 Å². The molecule has 33 heavy (non-hydrogen) atoms. The molecule has 1 aromatic carbocycles. The topological polar surface area (TPSA) is 122 Å². The second kappa shape index (κ2) is 11.3. The zero-order valence-electron chi connectivity index (χ0n) is 18.5. The fourth-order valence-corrected chi connectivity index (χ4v) is 4.00. The van der Waals surface area contributed by atoms with Gasteiger partial charge in [0.25, 0.3) is 0 Å². The van der Waals surface area contributed by atoms with Crippen molar-refractivity contribution in [2.24, 2.45) is 0 Å². The van der Waals surface area contributed by atoms with E-state index in [-0.39, 0.29) is 17.6 Å². The predicted octanol–water partition coefficient (Wildman–Crippen LogP) is 1.23. The zero-order chi connectivity index (χ0) is 23.0. The summed E-state index contributed by atoms with van der Waals surface area (Å²) in [6.45, 7) is 6.82. The van der Waals surface area contributed by atoms with Crippen molar-refractivity contribution in [1.82, 2.24) is 15.0 Å². The molecule has 2 amide bonds. The van der Waals surface area contributed by atoms with Gasteiger partial charge in [-0.3, -0.25) is 9.59 Å². The minimum atomic E-state index is -0.173. The molecule has 11 nitrogen and oxygen atoms in total. The van der Waals surface area contributed by atoms with E-state index in [1.807, 2.05) is 0 Å². The molecule has 0 bridgehead atoms. The van der Waals surface area contributed by atoms with Crippen molar-refractivity contribution in [3.8, 4) is 0 Å². The van der Waals surface area contributed by atoms with Crippen LogP contribution >= 0.6 is 11.8 Å². The average Bonchev–Trinajstić information content (AvgIpc) is 2.84. The molecule has 4 rings (SSSR count). The monoisotopic (exact) mass is 473 g/mol. The number of ether oxygens (including phenoxy) is 2. The van der Waals surface area contributed by atoms with Gasteiger partial charge in [0.1, 0.15) is 0 Å². The molecule has 2 aromatic rings. The Morgan fingerprint density at radius 3 is 1.82 bits per heavy atom. The minimum Gasteiger partial charge on any atom is -0.378 e. The van der Waals surface area contributed by atoms with E-state index >= 15 is 0 Å². The van der Waals surface area contributed by atoms with Crippen LogP contribution in [0.2, 0.25) is 0 Å². The summed E-state index contributed by atoms with van der Waals surface area (Å²) in [5, 5.41) is 6.05. The van der Waals surface area contributed by atoms with Crippen LogP contribution in [0.1, 0.15) is 6.92 Å². The fourth-order valence-electron chi connectivity index (χ4n) is 3.38. The van der Waals surface area contributed by atoms with Gasteiger partial charge in [-0.1, -0.05) is 11.8 Å². The van der Waals surface area contributed by atoms with Gasteiger partial charge in [0.15, 0.2) is 5.16 Å². The third-order valence-electron chi connectivity index (χ3n) is 5.00. The number of hydrogen-bond acceptors (Lipinski definition) is 10. The first-order valence-electron chi connectivity index (χ1n) is 10.8. The highest BCUT2D eigenvalue weighted by atomic mass is 32.2. The van der Waals surface area contributed by atoms with Gasteiger partial charge >= 0.3 is 0 Å². The van der Waals surface area contributed by atoms with Gasteiger partial charge < -0.3 is 29.9 Å². The highest BCUT2D eigenvalue weighted by Gasteiger charge is 2.21. The molecular formula is C21H27N7O4S. The lowest BCUT2D eigenvalue weighted by Crippen LogP contribution is -2.40. The molecule has 2 saturated heterocycles. The molecule has 0 saturated carbocycles. The van der Waals surface area contributed by atoms with Crippen molar-refractivity contribution in [3.05, 3.63) is 24.3 Å². The fraction of sp³-hybridized carbons (Fsp3) is 0.476. The van der Waals surface area contributed by atoms with E-state index in [1.165, 1.54) is 18.7 Å². The van der Waals surface area contributed by atoms with Crippen LogP contribution in [-0.2, 0) is 19.1 Å². The first-order valence-corrected chi connectivity index (χ1v) is 11.8. The van der Waals surface area contributed by atoms with Crippen molar-refractivity contribution in [2.75, 3.05) is 78.8 Å². The van der Waals surface area contributed by atoms with E-state index in [2.05, 4.69) is 35.4 Å². The van der Waals surface area contributed by atoms with Crippen LogP contribution in [-0.4, -0.2) is 85.1 Å². The molecule has 1 aromatic heterocycles. The molecule has 0 spiro atoms. The molecule has 2 N–H and O–H groups in total. The van der Waals surface area contributed by atoms with E-state index in [4.69, 9.17) is 9.47 Å². The third-order valence-corrected chi connectivity index (χ3v) is 5.85. The van der Waals surface area contributed by atoms with Crippen LogP contribution in [0.25, 0.3) is 0 Å². The third kappa shape index (κ3) is 6.76. The number of amides is 2. The van der Waals surface area contributed by atoms with E-state index in [1.54, 1.807) is 24.3 Å². The molecule has 0 unspecified atom stereocenters. The standard InChI is InChI=1S/C21H27N7O4S/c1-15(29)22-16-2-4-17(5-3-16)23-18(30)14-33-21-25-19(27-6-10-31-11-7-27)24-20(26-21)28-8-12-32-13-9-28/h2-5H,6-14H2,1H3,(H,22,29)(H,23,30). The molecule has 2 aliphatic heterocycles. The zero-order valence-corrected chi connectivity index (χ0v) is 19.3. The number of aromatic nitrogens is 3. The molecular weight excluding hydrogens is 446 g/mol. The lowest BCUT2D eigenvalue weighted by atomic mass is 10.3. The summed E-state index contributed by atoms with van der Waals surface area (Å²) in [5.41, 5.74) is 1.32. The van der Waals surface area contributed by atoms with Crippen LogP contribution in [0.15, 0.2) is 29.4 Å². The quantitative estimate of drug-likeness (QED) is 0.568. The predicted molar refractivity (Wildman–Crippen MR) is 126 cm³/mol. The summed E-state index contributed by atoms with van der Waals surface area (Å²) in [7, 11) is 0. The van der Waals surface area contributed by atoms with Gasteiger partial charge in [-0.05, 0) is 24.3 Å². The first kappa shape index (κ1) is 23.2. The molecule has 176 valence electrons. The van der Waals surface area contributed by atoms with E-state index in [0.29, 0.717) is 81.0 Å². The number of morpholine rings is 2. The highest BCUT2D eigenvalue weighted by molar-refractivity contribution is 7.99. The summed E-state index contributed by atoms with van der Waals surface area (Å²) >= 11 is 1.27. The highest BCUT2D eigenvalue weighted by Crippen LogP contribution is 2.22. The van der Waals surface area contributed by atoms with Gasteiger partial charge in [0, 0.05) is 44.5 Å². The van der Waals surface area contributed by atoms with Gasteiger partial charge in [-0.25, -0.2) is 0 Å². The average molecular weight is 474 g/mol. The molecule has 3 heterocycles.